The molecular weight excluding hydrogens is 275 g/mol. The van der Waals surface area contributed by atoms with E-state index in [9.17, 15) is 9.59 Å². The number of hydrogen-bond acceptors (Lipinski definition) is 3. The second kappa shape index (κ2) is 7.19. The van der Waals surface area contributed by atoms with E-state index in [-0.39, 0.29) is 18.8 Å². The van der Waals surface area contributed by atoms with Gasteiger partial charge in [-0.05, 0) is 30.7 Å². The number of esters is 1. The Balaban J connectivity index is 2.66. The SMILES string of the molecule is CCOC(=O)CC(=O)/C=C/c1cccc(Cl)c1Cl. The van der Waals surface area contributed by atoms with Crippen molar-refractivity contribution in [2.45, 2.75) is 13.3 Å². The van der Waals surface area contributed by atoms with E-state index in [2.05, 4.69) is 4.74 Å². The molecule has 0 atom stereocenters. The maximum Gasteiger partial charge on any atom is 0.313 e. The third-order valence-corrected chi connectivity index (χ3v) is 2.89. The fourth-order valence-electron chi connectivity index (χ4n) is 1.25. The number of rotatable bonds is 5. The molecule has 0 unspecified atom stereocenters. The molecule has 0 aliphatic carbocycles. The van der Waals surface area contributed by atoms with Crippen molar-refractivity contribution in [1.29, 1.82) is 0 Å². The predicted molar refractivity (Wildman–Crippen MR) is 71.8 cm³/mol. The Morgan fingerprint density at radius 3 is 2.72 bits per heavy atom. The summed E-state index contributed by atoms with van der Waals surface area (Å²) in [5.41, 5.74) is 0.626. The van der Waals surface area contributed by atoms with Gasteiger partial charge in [-0.15, -0.1) is 0 Å². The first kappa shape index (κ1) is 14.7. The van der Waals surface area contributed by atoms with Crippen molar-refractivity contribution < 1.29 is 14.3 Å². The van der Waals surface area contributed by atoms with Gasteiger partial charge in [0, 0.05) is 0 Å². The summed E-state index contributed by atoms with van der Waals surface area (Å²) in [6.07, 6.45) is 2.53. The standard InChI is InChI=1S/C13H12Cl2O3/c1-2-18-12(17)8-10(16)7-6-9-4-3-5-11(14)13(9)15/h3-7H,2,8H2,1H3/b7-6+. The van der Waals surface area contributed by atoms with Gasteiger partial charge in [0.05, 0.1) is 16.7 Å². The van der Waals surface area contributed by atoms with Crippen molar-refractivity contribution in [3.8, 4) is 0 Å². The molecule has 0 aliphatic rings. The van der Waals surface area contributed by atoms with E-state index in [0.717, 1.165) is 0 Å². The number of ether oxygens (including phenoxy) is 1. The van der Waals surface area contributed by atoms with Gasteiger partial charge in [0.15, 0.2) is 5.78 Å². The molecule has 0 N–H and O–H groups in total. The molecule has 0 aliphatic heterocycles. The minimum atomic E-state index is -0.538. The highest BCUT2D eigenvalue weighted by atomic mass is 35.5. The molecular formula is C13H12Cl2O3. The van der Waals surface area contributed by atoms with E-state index in [1.807, 2.05) is 0 Å². The van der Waals surface area contributed by atoms with Gasteiger partial charge >= 0.3 is 5.97 Å². The Kier molecular flexibility index (Phi) is 5.89. The van der Waals surface area contributed by atoms with Crippen LogP contribution in [0.1, 0.15) is 18.9 Å². The van der Waals surface area contributed by atoms with Crippen LogP contribution in [0.3, 0.4) is 0 Å². The zero-order valence-electron chi connectivity index (χ0n) is 9.78. The highest BCUT2D eigenvalue weighted by molar-refractivity contribution is 6.42. The maximum atomic E-state index is 11.4. The van der Waals surface area contributed by atoms with Gasteiger partial charge in [-0.3, -0.25) is 9.59 Å². The Morgan fingerprint density at radius 1 is 1.33 bits per heavy atom. The molecule has 0 saturated carbocycles. The van der Waals surface area contributed by atoms with E-state index >= 15 is 0 Å². The third kappa shape index (κ3) is 4.51. The largest absolute Gasteiger partial charge is 0.466 e. The quantitative estimate of drug-likeness (QED) is 0.472. The van der Waals surface area contributed by atoms with Crippen LogP contribution >= 0.6 is 23.2 Å². The first-order valence-corrected chi connectivity index (χ1v) is 6.10. The van der Waals surface area contributed by atoms with Gasteiger partial charge in [0.2, 0.25) is 0 Å². The van der Waals surface area contributed by atoms with Crippen LogP contribution in [0.4, 0.5) is 0 Å². The van der Waals surface area contributed by atoms with E-state index in [1.165, 1.54) is 12.2 Å². The van der Waals surface area contributed by atoms with Gasteiger partial charge in [0.25, 0.3) is 0 Å². The van der Waals surface area contributed by atoms with E-state index < -0.39 is 5.97 Å². The Labute approximate surface area is 115 Å². The number of allylic oxidation sites excluding steroid dienone is 1. The number of benzene rings is 1. The summed E-state index contributed by atoms with van der Waals surface area (Å²) in [6.45, 7) is 1.94. The van der Waals surface area contributed by atoms with E-state index in [4.69, 9.17) is 23.2 Å². The highest BCUT2D eigenvalue weighted by Crippen LogP contribution is 2.26. The molecule has 0 fully saturated rings. The molecule has 18 heavy (non-hydrogen) atoms. The fraction of sp³-hybridized carbons (Fsp3) is 0.231. The third-order valence-electron chi connectivity index (χ3n) is 2.05. The van der Waals surface area contributed by atoms with Crippen LogP contribution in [0, 0.1) is 0 Å². The van der Waals surface area contributed by atoms with E-state index in [0.29, 0.717) is 15.6 Å². The summed E-state index contributed by atoms with van der Waals surface area (Å²) in [5.74, 6) is -0.881. The molecule has 0 amide bonds. The van der Waals surface area contributed by atoms with Gasteiger partial charge < -0.3 is 4.74 Å². The molecule has 3 nitrogen and oxygen atoms in total. The lowest BCUT2D eigenvalue weighted by atomic mass is 10.1. The number of ketones is 1. The molecule has 96 valence electrons. The van der Waals surface area contributed by atoms with Crippen molar-refractivity contribution in [3.63, 3.8) is 0 Å². The lowest BCUT2D eigenvalue weighted by Gasteiger charge is -2.00. The summed E-state index contributed by atoms with van der Waals surface area (Å²) in [6, 6.07) is 5.10. The van der Waals surface area contributed by atoms with Crippen LogP contribution in [0.5, 0.6) is 0 Å². The Hall–Kier alpha value is -1.32. The van der Waals surface area contributed by atoms with E-state index in [1.54, 1.807) is 25.1 Å². The van der Waals surface area contributed by atoms with Crippen molar-refractivity contribution >= 4 is 41.0 Å². The fourth-order valence-corrected chi connectivity index (χ4v) is 1.62. The second-order valence-corrected chi connectivity index (χ2v) is 4.21. The lowest BCUT2D eigenvalue weighted by molar-refractivity contribution is -0.144. The Morgan fingerprint density at radius 2 is 2.06 bits per heavy atom. The first-order chi connectivity index (χ1) is 8.54. The number of hydrogen-bond donors (Lipinski definition) is 0. The molecule has 1 aromatic rings. The average molecular weight is 287 g/mol. The van der Waals surface area contributed by atoms with Gasteiger partial charge in [-0.25, -0.2) is 0 Å². The van der Waals surface area contributed by atoms with Crippen LogP contribution in [-0.4, -0.2) is 18.4 Å². The van der Waals surface area contributed by atoms with Gasteiger partial charge in [-0.2, -0.15) is 0 Å². The van der Waals surface area contributed by atoms with Crippen LogP contribution in [-0.2, 0) is 14.3 Å². The summed E-state index contributed by atoms with van der Waals surface area (Å²) in [5, 5.41) is 0.788. The number of halogens is 2. The number of carbonyl (C=O) groups is 2. The molecule has 0 saturated heterocycles. The zero-order valence-corrected chi connectivity index (χ0v) is 11.3. The normalized spacial score (nSPS) is 10.6. The minimum Gasteiger partial charge on any atom is -0.466 e. The lowest BCUT2D eigenvalue weighted by Crippen LogP contribution is -2.09. The van der Waals surface area contributed by atoms with Crippen molar-refractivity contribution in [2.75, 3.05) is 6.61 Å². The highest BCUT2D eigenvalue weighted by Gasteiger charge is 2.07. The van der Waals surface area contributed by atoms with Crippen molar-refractivity contribution in [2.24, 2.45) is 0 Å². The molecule has 0 spiro atoms. The second-order valence-electron chi connectivity index (χ2n) is 3.42. The topological polar surface area (TPSA) is 43.4 Å². The molecule has 0 bridgehead atoms. The Bertz CT molecular complexity index is 481. The molecule has 5 heteroatoms. The molecule has 0 radical (unpaired) electrons. The summed E-state index contributed by atoms with van der Waals surface area (Å²) in [4.78, 5) is 22.5. The van der Waals surface area contributed by atoms with Gasteiger partial charge in [0.1, 0.15) is 6.42 Å². The minimum absolute atomic E-state index is 0.260. The molecule has 0 aromatic heterocycles. The zero-order chi connectivity index (χ0) is 13.5. The van der Waals surface area contributed by atoms with Crippen LogP contribution in [0.25, 0.3) is 6.08 Å². The summed E-state index contributed by atoms with van der Waals surface area (Å²) < 4.78 is 4.67. The molecule has 1 rings (SSSR count). The van der Waals surface area contributed by atoms with Crippen molar-refractivity contribution in [3.05, 3.63) is 39.9 Å². The van der Waals surface area contributed by atoms with Crippen LogP contribution < -0.4 is 0 Å². The molecule has 1 aromatic carbocycles. The van der Waals surface area contributed by atoms with Gasteiger partial charge in [-0.1, -0.05) is 35.3 Å². The predicted octanol–water partition coefficient (Wildman–Crippen LogP) is 3.53. The van der Waals surface area contributed by atoms with Crippen LogP contribution in [0.2, 0.25) is 10.0 Å². The molecule has 0 heterocycles. The van der Waals surface area contributed by atoms with Crippen molar-refractivity contribution in [1.82, 2.24) is 0 Å². The maximum absolute atomic E-state index is 11.4. The summed E-state index contributed by atoms with van der Waals surface area (Å²) in [7, 11) is 0. The van der Waals surface area contributed by atoms with Crippen LogP contribution in [0.15, 0.2) is 24.3 Å². The first-order valence-electron chi connectivity index (χ1n) is 5.35. The smallest absolute Gasteiger partial charge is 0.313 e. The summed E-state index contributed by atoms with van der Waals surface area (Å²) >= 11 is 11.8. The average Bonchev–Trinajstić information content (AvgIpc) is 2.31. The number of carbonyl (C=O) groups excluding carboxylic acids is 2. The monoisotopic (exact) mass is 286 g/mol.